The molecule has 25 heavy (non-hydrogen) atoms. The van der Waals surface area contributed by atoms with Crippen molar-refractivity contribution in [3.05, 3.63) is 12.2 Å². The van der Waals surface area contributed by atoms with Gasteiger partial charge >= 0.3 is 17.9 Å². The lowest BCUT2D eigenvalue weighted by atomic mass is 10.0. The van der Waals surface area contributed by atoms with Gasteiger partial charge in [-0.1, -0.05) is 13.3 Å². The summed E-state index contributed by atoms with van der Waals surface area (Å²) in [5, 5.41) is 18.9. The van der Waals surface area contributed by atoms with E-state index in [1.54, 1.807) is 0 Å². The van der Waals surface area contributed by atoms with Crippen LogP contribution in [0.4, 0.5) is 0 Å². The lowest BCUT2D eigenvalue weighted by molar-refractivity contribution is -0.154. The Kier molecular flexibility index (Phi) is 7.72. The van der Waals surface area contributed by atoms with Gasteiger partial charge in [0.2, 0.25) is 5.78 Å². The maximum atomic E-state index is 12.3. The van der Waals surface area contributed by atoms with Gasteiger partial charge in [-0.05, 0) is 12.5 Å². The van der Waals surface area contributed by atoms with E-state index < -0.39 is 54.2 Å². The summed E-state index contributed by atoms with van der Waals surface area (Å²) in [6.07, 6.45) is -3.07. The number of hydrogen-bond acceptors (Lipinski definition) is 8. The van der Waals surface area contributed by atoms with E-state index >= 15 is 0 Å². The van der Waals surface area contributed by atoms with E-state index in [4.69, 9.17) is 19.3 Å². The Labute approximate surface area is 144 Å². The summed E-state index contributed by atoms with van der Waals surface area (Å²) in [7, 11) is 0. The van der Waals surface area contributed by atoms with E-state index in [1.807, 2.05) is 6.92 Å². The maximum absolute atomic E-state index is 12.3. The summed E-state index contributed by atoms with van der Waals surface area (Å²) < 4.78 is 15.0. The minimum Gasteiger partial charge on any atom is -0.478 e. The van der Waals surface area contributed by atoms with Gasteiger partial charge in [0.25, 0.3) is 0 Å². The van der Waals surface area contributed by atoms with Crippen molar-refractivity contribution >= 4 is 23.7 Å². The maximum Gasteiger partial charge on any atom is 0.328 e. The van der Waals surface area contributed by atoms with Crippen LogP contribution >= 0.6 is 0 Å². The minimum atomic E-state index is -1.44. The van der Waals surface area contributed by atoms with Crippen LogP contribution in [0.2, 0.25) is 0 Å². The van der Waals surface area contributed by atoms with Gasteiger partial charge in [0.1, 0.15) is 24.4 Å². The summed E-state index contributed by atoms with van der Waals surface area (Å²) in [5.41, 5.74) is 0. The summed E-state index contributed by atoms with van der Waals surface area (Å²) in [4.78, 5) is 45.1. The topological polar surface area (TPSA) is 140 Å². The number of carbonyl (C=O) groups is 4. The molecule has 140 valence electrons. The summed E-state index contributed by atoms with van der Waals surface area (Å²) >= 11 is 0. The third-order valence-corrected chi connectivity index (χ3v) is 3.39. The fraction of sp³-hybridized carbons (Fsp3) is 0.625. The van der Waals surface area contributed by atoms with E-state index in [0.717, 1.165) is 19.1 Å². The number of epoxide rings is 1. The van der Waals surface area contributed by atoms with E-state index in [-0.39, 0.29) is 0 Å². The number of hydrogen-bond donors (Lipinski definition) is 2. The van der Waals surface area contributed by atoms with Crippen LogP contribution < -0.4 is 0 Å². The number of ether oxygens (including phenoxy) is 3. The van der Waals surface area contributed by atoms with E-state index in [1.165, 1.54) is 6.92 Å². The van der Waals surface area contributed by atoms with Crippen LogP contribution in [-0.4, -0.2) is 64.4 Å². The molecule has 0 aromatic heterocycles. The van der Waals surface area contributed by atoms with Crippen molar-refractivity contribution in [3.63, 3.8) is 0 Å². The molecule has 1 saturated heterocycles. The summed E-state index contributed by atoms with van der Waals surface area (Å²) in [5.74, 6) is -3.12. The molecule has 0 radical (unpaired) electrons. The van der Waals surface area contributed by atoms with E-state index in [9.17, 15) is 24.3 Å². The number of carboxylic acid groups (broad SMARTS) is 1. The van der Waals surface area contributed by atoms with Gasteiger partial charge in [-0.25, -0.2) is 4.79 Å². The smallest absolute Gasteiger partial charge is 0.328 e. The Morgan fingerprint density at radius 2 is 1.76 bits per heavy atom. The van der Waals surface area contributed by atoms with Gasteiger partial charge in [-0.15, -0.1) is 0 Å². The normalized spacial score (nSPS) is 22.7. The Balaban J connectivity index is 2.77. The lowest BCUT2D eigenvalue weighted by Gasteiger charge is -2.18. The molecule has 5 atom stereocenters. The van der Waals surface area contributed by atoms with Crippen molar-refractivity contribution in [1.82, 2.24) is 0 Å². The van der Waals surface area contributed by atoms with Gasteiger partial charge in [-0.3, -0.25) is 14.4 Å². The highest BCUT2D eigenvalue weighted by Gasteiger charge is 2.54. The fourth-order valence-electron chi connectivity index (χ4n) is 2.30. The van der Waals surface area contributed by atoms with Crippen molar-refractivity contribution in [1.29, 1.82) is 0 Å². The molecule has 0 unspecified atom stereocenters. The number of aliphatic hydroxyl groups excluding tert-OH is 1. The SMILES string of the molecule is CCC[C@@H](OC(C)=O)C(=O)[C@H]1O[C@@H]1[C@H](O)[C@H](/C=C\C(=O)O)OC(C)=O. The average Bonchev–Trinajstić information content (AvgIpc) is 3.29. The third-order valence-electron chi connectivity index (χ3n) is 3.39. The zero-order chi connectivity index (χ0) is 19.1. The molecule has 0 amide bonds. The zero-order valence-electron chi connectivity index (χ0n) is 14.2. The molecule has 0 aromatic rings. The van der Waals surface area contributed by atoms with Crippen LogP contribution in [0.15, 0.2) is 12.2 Å². The first-order valence-corrected chi connectivity index (χ1v) is 7.80. The Morgan fingerprint density at radius 1 is 1.16 bits per heavy atom. The van der Waals surface area contributed by atoms with E-state index in [2.05, 4.69) is 0 Å². The number of carboxylic acids is 1. The lowest BCUT2D eigenvalue weighted by Crippen LogP contribution is -2.37. The second-order valence-corrected chi connectivity index (χ2v) is 5.57. The van der Waals surface area contributed by atoms with Crippen molar-refractivity contribution < 1.29 is 43.6 Å². The van der Waals surface area contributed by atoms with Gasteiger partial charge < -0.3 is 24.4 Å². The molecule has 0 aliphatic carbocycles. The Hall–Kier alpha value is -2.26. The first-order valence-electron chi connectivity index (χ1n) is 7.80. The van der Waals surface area contributed by atoms with Crippen molar-refractivity contribution in [2.45, 2.75) is 64.1 Å². The number of esters is 2. The van der Waals surface area contributed by atoms with Crippen LogP contribution in [0.5, 0.6) is 0 Å². The van der Waals surface area contributed by atoms with Crippen LogP contribution in [0.1, 0.15) is 33.6 Å². The first-order chi connectivity index (χ1) is 11.7. The highest BCUT2D eigenvalue weighted by Crippen LogP contribution is 2.31. The monoisotopic (exact) mass is 358 g/mol. The molecular formula is C16H22O9. The van der Waals surface area contributed by atoms with Crippen LogP contribution in [-0.2, 0) is 33.4 Å². The second kappa shape index (κ2) is 9.28. The number of carbonyl (C=O) groups excluding carboxylic acids is 3. The molecule has 1 aliphatic heterocycles. The molecule has 9 nitrogen and oxygen atoms in total. The number of ketones is 1. The Morgan fingerprint density at radius 3 is 2.24 bits per heavy atom. The molecule has 0 bridgehead atoms. The van der Waals surface area contributed by atoms with Gasteiger partial charge in [0.05, 0.1) is 0 Å². The Bertz CT molecular complexity index is 554. The largest absolute Gasteiger partial charge is 0.478 e. The molecule has 1 fully saturated rings. The predicted molar refractivity (Wildman–Crippen MR) is 82.5 cm³/mol. The molecule has 1 heterocycles. The van der Waals surface area contributed by atoms with Crippen molar-refractivity contribution in [2.75, 3.05) is 0 Å². The molecule has 2 N–H and O–H groups in total. The molecule has 1 aliphatic rings. The molecule has 1 rings (SSSR count). The van der Waals surface area contributed by atoms with E-state index in [0.29, 0.717) is 12.8 Å². The van der Waals surface area contributed by atoms with Crippen molar-refractivity contribution in [2.24, 2.45) is 0 Å². The van der Waals surface area contributed by atoms with Gasteiger partial charge in [0.15, 0.2) is 6.10 Å². The number of aliphatic hydroxyl groups is 1. The highest BCUT2D eigenvalue weighted by molar-refractivity contribution is 5.91. The third kappa shape index (κ3) is 6.63. The quantitative estimate of drug-likeness (QED) is 0.313. The van der Waals surface area contributed by atoms with Gasteiger partial charge in [-0.2, -0.15) is 0 Å². The molecule has 0 aromatic carbocycles. The highest BCUT2D eigenvalue weighted by atomic mass is 16.6. The number of Topliss-reactive ketones (excluding diaryl/α,β-unsaturated/α-hetero) is 1. The minimum absolute atomic E-state index is 0.313. The standard InChI is InChI=1S/C16H22O9/c1-4-5-10(23-8(2)17)13(21)15-16(25-15)14(22)11(24-9(3)18)6-7-12(19)20/h6-7,10-11,14-16,22H,4-5H2,1-3H3,(H,19,20)/b7-6-/t10-,11+,14-,15-,16-/m1/s1. The molecular weight excluding hydrogens is 336 g/mol. The fourth-order valence-corrected chi connectivity index (χ4v) is 2.30. The van der Waals surface area contributed by atoms with Crippen LogP contribution in [0.25, 0.3) is 0 Å². The van der Waals surface area contributed by atoms with Crippen LogP contribution in [0.3, 0.4) is 0 Å². The number of rotatable bonds is 10. The molecule has 0 saturated carbocycles. The first kappa shape index (κ1) is 20.8. The molecule has 0 spiro atoms. The number of aliphatic carboxylic acids is 1. The summed E-state index contributed by atoms with van der Waals surface area (Å²) in [6, 6.07) is 0. The van der Waals surface area contributed by atoms with Gasteiger partial charge in [0, 0.05) is 19.9 Å². The molecule has 9 heteroatoms. The summed E-state index contributed by atoms with van der Waals surface area (Å²) in [6.45, 7) is 4.10. The predicted octanol–water partition coefficient (Wildman–Crippen LogP) is -0.0119. The zero-order valence-corrected chi connectivity index (χ0v) is 14.2. The van der Waals surface area contributed by atoms with Crippen LogP contribution in [0, 0.1) is 0 Å². The average molecular weight is 358 g/mol. The van der Waals surface area contributed by atoms with Crippen molar-refractivity contribution in [3.8, 4) is 0 Å². The second-order valence-electron chi connectivity index (χ2n) is 5.57.